The van der Waals surface area contributed by atoms with E-state index in [2.05, 4.69) is 5.32 Å². The molecule has 0 aliphatic rings. The lowest BCUT2D eigenvalue weighted by Crippen LogP contribution is -2.28. The lowest BCUT2D eigenvalue weighted by molar-refractivity contribution is -0.143. The van der Waals surface area contributed by atoms with Gasteiger partial charge >= 0.3 is 5.97 Å². The highest BCUT2D eigenvalue weighted by atomic mass is 16.5. The molecule has 5 nitrogen and oxygen atoms in total. The quantitative estimate of drug-likeness (QED) is 0.595. The molecule has 88 valence electrons. The number of hydrogen-bond acceptors (Lipinski definition) is 4. The Morgan fingerprint density at radius 3 is 2.60 bits per heavy atom. The average Bonchev–Trinajstić information content (AvgIpc) is 2.15. The second-order valence-electron chi connectivity index (χ2n) is 3.42. The molecule has 0 rings (SSSR count). The maximum atomic E-state index is 11.2. The Bertz CT molecular complexity index is 205. The van der Waals surface area contributed by atoms with E-state index in [0.717, 1.165) is 0 Å². The molecular formula is C10H20N2O3. The lowest BCUT2D eigenvalue weighted by Gasteiger charge is -2.06. The summed E-state index contributed by atoms with van der Waals surface area (Å²) in [7, 11) is 0. The molecule has 0 heterocycles. The first-order chi connectivity index (χ1) is 7.06. The number of nitrogens with one attached hydrogen (secondary N) is 1. The Balaban J connectivity index is 3.42. The van der Waals surface area contributed by atoms with Crippen LogP contribution in [0.1, 0.15) is 33.1 Å². The van der Waals surface area contributed by atoms with Crippen LogP contribution in [-0.4, -0.2) is 31.1 Å². The van der Waals surface area contributed by atoms with E-state index in [1.54, 1.807) is 6.92 Å². The van der Waals surface area contributed by atoms with Gasteiger partial charge < -0.3 is 15.8 Å². The Morgan fingerprint density at radius 2 is 2.07 bits per heavy atom. The number of carbonyl (C=O) groups is 2. The van der Waals surface area contributed by atoms with E-state index in [1.807, 2.05) is 6.92 Å². The summed E-state index contributed by atoms with van der Waals surface area (Å²) in [6.45, 7) is 4.30. The van der Waals surface area contributed by atoms with E-state index in [0.29, 0.717) is 26.0 Å². The molecule has 0 saturated carbocycles. The zero-order valence-electron chi connectivity index (χ0n) is 9.41. The monoisotopic (exact) mass is 216 g/mol. The molecule has 0 spiro atoms. The van der Waals surface area contributed by atoms with Crippen LogP contribution >= 0.6 is 0 Å². The third-order valence-corrected chi connectivity index (χ3v) is 1.78. The Kier molecular flexibility index (Phi) is 7.62. The van der Waals surface area contributed by atoms with Gasteiger partial charge in [0.05, 0.1) is 13.0 Å². The minimum atomic E-state index is -0.287. The van der Waals surface area contributed by atoms with Crippen LogP contribution in [0.5, 0.6) is 0 Å². The summed E-state index contributed by atoms with van der Waals surface area (Å²) in [5.74, 6) is -0.360. The molecule has 1 atom stereocenters. The lowest BCUT2D eigenvalue weighted by atomic mass is 10.2. The molecule has 0 aromatic rings. The van der Waals surface area contributed by atoms with Crippen molar-refractivity contribution in [2.45, 2.75) is 39.2 Å². The average molecular weight is 216 g/mol. The molecule has 1 amide bonds. The standard InChI is InChI=1S/C10H20N2O3/c1-3-15-10(14)6-7-12-9(13)5-4-8(2)11/h8H,3-7,11H2,1-2H3,(H,12,13). The molecule has 3 N–H and O–H groups in total. The van der Waals surface area contributed by atoms with Crippen molar-refractivity contribution in [2.24, 2.45) is 5.73 Å². The molecule has 0 aromatic carbocycles. The minimum absolute atomic E-state index is 0.0285. The minimum Gasteiger partial charge on any atom is -0.466 e. The Hall–Kier alpha value is -1.10. The third-order valence-electron chi connectivity index (χ3n) is 1.78. The Morgan fingerprint density at radius 1 is 1.40 bits per heavy atom. The van der Waals surface area contributed by atoms with Gasteiger partial charge in [-0.3, -0.25) is 9.59 Å². The maximum absolute atomic E-state index is 11.2. The molecule has 5 heteroatoms. The smallest absolute Gasteiger partial charge is 0.307 e. The largest absolute Gasteiger partial charge is 0.466 e. The molecule has 0 aromatic heterocycles. The van der Waals surface area contributed by atoms with Crippen LogP contribution in [0, 0.1) is 0 Å². The van der Waals surface area contributed by atoms with Crippen LogP contribution < -0.4 is 11.1 Å². The molecule has 0 aliphatic carbocycles. The maximum Gasteiger partial charge on any atom is 0.307 e. The molecule has 15 heavy (non-hydrogen) atoms. The number of ether oxygens (including phenoxy) is 1. The Labute approximate surface area is 90.4 Å². The summed E-state index contributed by atoms with van der Waals surface area (Å²) >= 11 is 0. The molecule has 0 saturated heterocycles. The van der Waals surface area contributed by atoms with Gasteiger partial charge in [0, 0.05) is 19.0 Å². The van der Waals surface area contributed by atoms with E-state index in [4.69, 9.17) is 10.5 Å². The zero-order chi connectivity index (χ0) is 11.7. The van der Waals surface area contributed by atoms with Crippen molar-refractivity contribution in [2.75, 3.05) is 13.2 Å². The van der Waals surface area contributed by atoms with Crippen LogP contribution in [-0.2, 0) is 14.3 Å². The summed E-state index contributed by atoms with van der Waals surface area (Å²) in [6.07, 6.45) is 1.28. The van der Waals surface area contributed by atoms with Gasteiger partial charge in [-0.15, -0.1) is 0 Å². The summed E-state index contributed by atoms with van der Waals surface area (Å²) in [6, 6.07) is 0.0285. The number of hydrogen-bond donors (Lipinski definition) is 2. The summed E-state index contributed by atoms with van der Waals surface area (Å²) < 4.78 is 4.71. The van der Waals surface area contributed by atoms with Crippen LogP contribution in [0.15, 0.2) is 0 Å². The summed E-state index contributed by atoms with van der Waals surface area (Å²) in [4.78, 5) is 22.1. The fourth-order valence-electron chi connectivity index (χ4n) is 0.984. The zero-order valence-corrected chi connectivity index (χ0v) is 9.41. The second kappa shape index (κ2) is 8.23. The van der Waals surface area contributed by atoms with Gasteiger partial charge in [-0.1, -0.05) is 0 Å². The van der Waals surface area contributed by atoms with Gasteiger partial charge in [-0.05, 0) is 20.3 Å². The number of esters is 1. The van der Waals surface area contributed by atoms with Crippen LogP contribution in [0.2, 0.25) is 0 Å². The van der Waals surface area contributed by atoms with Crippen molar-refractivity contribution < 1.29 is 14.3 Å². The SMILES string of the molecule is CCOC(=O)CCNC(=O)CCC(C)N. The molecule has 0 radical (unpaired) electrons. The van der Waals surface area contributed by atoms with Gasteiger partial charge in [0.1, 0.15) is 0 Å². The summed E-state index contributed by atoms with van der Waals surface area (Å²) in [5.41, 5.74) is 5.50. The molecule has 0 fully saturated rings. The third kappa shape index (κ3) is 9.21. The molecule has 0 bridgehead atoms. The molecule has 0 aliphatic heterocycles. The molecular weight excluding hydrogens is 196 g/mol. The number of amides is 1. The normalized spacial score (nSPS) is 11.9. The number of rotatable bonds is 7. The van der Waals surface area contributed by atoms with E-state index in [9.17, 15) is 9.59 Å². The van der Waals surface area contributed by atoms with Crippen molar-refractivity contribution in [3.8, 4) is 0 Å². The predicted octanol–water partition coefficient (Wildman–Crippen LogP) is 0.183. The van der Waals surface area contributed by atoms with Crippen LogP contribution in [0.25, 0.3) is 0 Å². The first kappa shape index (κ1) is 13.9. The van der Waals surface area contributed by atoms with Gasteiger partial charge in [-0.2, -0.15) is 0 Å². The number of carbonyl (C=O) groups excluding carboxylic acids is 2. The van der Waals surface area contributed by atoms with Crippen molar-refractivity contribution >= 4 is 11.9 Å². The fraction of sp³-hybridized carbons (Fsp3) is 0.800. The van der Waals surface area contributed by atoms with Gasteiger partial charge in [0.15, 0.2) is 0 Å². The fourth-order valence-corrected chi connectivity index (χ4v) is 0.984. The van der Waals surface area contributed by atoms with E-state index >= 15 is 0 Å². The van der Waals surface area contributed by atoms with Crippen molar-refractivity contribution in [1.82, 2.24) is 5.32 Å². The van der Waals surface area contributed by atoms with Gasteiger partial charge in [0.2, 0.25) is 5.91 Å². The number of nitrogens with two attached hydrogens (primary N) is 1. The van der Waals surface area contributed by atoms with Crippen LogP contribution in [0.4, 0.5) is 0 Å². The van der Waals surface area contributed by atoms with E-state index in [-0.39, 0.29) is 24.3 Å². The molecule has 1 unspecified atom stereocenters. The highest BCUT2D eigenvalue weighted by Crippen LogP contribution is 1.93. The van der Waals surface area contributed by atoms with Crippen molar-refractivity contribution in [3.05, 3.63) is 0 Å². The highest BCUT2D eigenvalue weighted by Gasteiger charge is 2.05. The van der Waals surface area contributed by atoms with Crippen LogP contribution in [0.3, 0.4) is 0 Å². The van der Waals surface area contributed by atoms with Crippen molar-refractivity contribution in [3.63, 3.8) is 0 Å². The van der Waals surface area contributed by atoms with E-state index < -0.39 is 0 Å². The first-order valence-electron chi connectivity index (χ1n) is 5.24. The van der Waals surface area contributed by atoms with Crippen molar-refractivity contribution in [1.29, 1.82) is 0 Å². The van der Waals surface area contributed by atoms with Gasteiger partial charge in [0.25, 0.3) is 0 Å². The van der Waals surface area contributed by atoms with E-state index in [1.165, 1.54) is 0 Å². The second-order valence-corrected chi connectivity index (χ2v) is 3.42. The first-order valence-corrected chi connectivity index (χ1v) is 5.24. The highest BCUT2D eigenvalue weighted by molar-refractivity contribution is 5.77. The van der Waals surface area contributed by atoms with Gasteiger partial charge in [-0.25, -0.2) is 0 Å². The predicted molar refractivity (Wildman–Crippen MR) is 57.1 cm³/mol. The topological polar surface area (TPSA) is 81.4 Å². The summed E-state index contributed by atoms with van der Waals surface area (Å²) in [5, 5.41) is 2.63.